The monoisotopic (exact) mass is 285 g/mol. The Balaban J connectivity index is 2.96. The van der Waals surface area contributed by atoms with E-state index in [2.05, 4.69) is 4.72 Å². The van der Waals surface area contributed by atoms with Crippen molar-refractivity contribution in [3.63, 3.8) is 0 Å². The predicted octanol–water partition coefficient (Wildman–Crippen LogP) is 1.78. The third-order valence-corrected chi connectivity index (χ3v) is 4.14. The smallest absolute Gasteiger partial charge is 0.326 e. The van der Waals surface area contributed by atoms with Crippen molar-refractivity contribution in [3.05, 3.63) is 35.9 Å². The number of carboxylic acids is 1. The number of carboxylic acid groups (broad SMARTS) is 1. The molecule has 1 aromatic rings. The van der Waals surface area contributed by atoms with Crippen molar-refractivity contribution in [3.8, 4) is 0 Å². The Labute approximate surface area is 113 Å². The van der Waals surface area contributed by atoms with Gasteiger partial charge in [0, 0.05) is 0 Å². The maximum atomic E-state index is 12.0. The van der Waals surface area contributed by atoms with Crippen LogP contribution in [0, 0.1) is 5.41 Å². The standard InChI is InChI=1S/C13H19NO4S/c1-13(2,3)9-19(17,18)14-11(12(15)16)10-7-5-4-6-8-10/h4-8,11,14H,9H2,1-3H3,(H,15,16)/t11-/m1/s1. The van der Waals surface area contributed by atoms with E-state index in [9.17, 15) is 13.2 Å². The van der Waals surface area contributed by atoms with Crippen LogP contribution < -0.4 is 4.72 Å². The molecular formula is C13H19NO4S. The van der Waals surface area contributed by atoms with Crippen LogP contribution in [0.4, 0.5) is 0 Å². The first kappa shape index (κ1) is 15.7. The van der Waals surface area contributed by atoms with Crippen LogP contribution in [0.5, 0.6) is 0 Å². The molecular weight excluding hydrogens is 266 g/mol. The Morgan fingerprint density at radius 3 is 2.21 bits per heavy atom. The first-order valence-electron chi connectivity index (χ1n) is 5.88. The number of carbonyl (C=O) groups is 1. The van der Waals surface area contributed by atoms with E-state index in [0.29, 0.717) is 5.56 Å². The first-order chi connectivity index (χ1) is 8.61. The molecule has 0 aliphatic carbocycles. The summed E-state index contributed by atoms with van der Waals surface area (Å²) in [6, 6.07) is 6.99. The van der Waals surface area contributed by atoms with Gasteiger partial charge in [0.2, 0.25) is 10.0 Å². The van der Waals surface area contributed by atoms with Crippen LogP contribution in [-0.2, 0) is 14.8 Å². The molecule has 6 heteroatoms. The maximum absolute atomic E-state index is 12.0. The van der Waals surface area contributed by atoms with Gasteiger partial charge in [-0.3, -0.25) is 4.79 Å². The highest BCUT2D eigenvalue weighted by atomic mass is 32.2. The zero-order valence-corrected chi connectivity index (χ0v) is 12.1. The average molecular weight is 285 g/mol. The van der Waals surface area contributed by atoms with Crippen LogP contribution in [0.1, 0.15) is 32.4 Å². The molecule has 0 radical (unpaired) electrons. The minimum Gasteiger partial charge on any atom is -0.480 e. The van der Waals surface area contributed by atoms with Gasteiger partial charge in [-0.25, -0.2) is 8.42 Å². The van der Waals surface area contributed by atoms with Gasteiger partial charge in [-0.1, -0.05) is 51.1 Å². The van der Waals surface area contributed by atoms with Crippen LogP contribution in [0.25, 0.3) is 0 Å². The summed E-state index contributed by atoms with van der Waals surface area (Å²) in [6.45, 7) is 5.35. The SMILES string of the molecule is CC(C)(C)CS(=O)(=O)N[C@@H](C(=O)O)c1ccccc1. The number of sulfonamides is 1. The Morgan fingerprint density at radius 2 is 1.79 bits per heavy atom. The molecule has 0 unspecified atom stereocenters. The minimum atomic E-state index is -3.66. The molecule has 1 rings (SSSR count). The molecule has 0 saturated heterocycles. The Kier molecular flexibility index (Phi) is 4.70. The van der Waals surface area contributed by atoms with Crippen molar-refractivity contribution in [2.75, 3.05) is 5.75 Å². The number of aliphatic carboxylic acids is 1. The largest absolute Gasteiger partial charge is 0.480 e. The molecule has 0 aromatic heterocycles. The fourth-order valence-electron chi connectivity index (χ4n) is 1.70. The van der Waals surface area contributed by atoms with Crippen LogP contribution >= 0.6 is 0 Å². The van der Waals surface area contributed by atoms with Crippen LogP contribution in [0.3, 0.4) is 0 Å². The zero-order valence-electron chi connectivity index (χ0n) is 11.3. The van der Waals surface area contributed by atoms with E-state index in [1.165, 1.54) is 0 Å². The van der Waals surface area contributed by atoms with Crippen LogP contribution in [-0.4, -0.2) is 25.2 Å². The van der Waals surface area contributed by atoms with Gasteiger partial charge in [0.1, 0.15) is 6.04 Å². The Hall–Kier alpha value is -1.40. The van der Waals surface area contributed by atoms with E-state index in [1.807, 2.05) is 0 Å². The third-order valence-electron chi connectivity index (χ3n) is 2.30. The highest BCUT2D eigenvalue weighted by Gasteiger charge is 2.28. The van der Waals surface area contributed by atoms with Crippen molar-refractivity contribution in [1.82, 2.24) is 4.72 Å². The Morgan fingerprint density at radius 1 is 1.26 bits per heavy atom. The molecule has 0 fully saturated rings. The number of nitrogens with one attached hydrogen (secondary N) is 1. The molecule has 2 N–H and O–H groups in total. The van der Waals surface area contributed by atoms with E-state index in [4.69, 9.17) is 5.11 Å². The summed E-state index contributed by atoms with van der Waals surface area (Å²) < 4.78 is 26.2. The van der Waals surface area contributed by atoms with Crippen LogP contribution in [0.2, 0.25) is 0 Å². The number of hydrogen-bond acceptors (Lipinski definition) is 3. The summed E-state index contributed by atoms with van der Waals surface area (Å²) in [5.41, 5.74) is -0.0292. The number of rotatable bonds is 5. The lowest BCUT2D eigenvalue weighted by molar-refractivity contribution is -0.139. The van der Waals surface area contributed by atoms with Gasteiger partial charge in [-0.15, -0.1) is 0 Å². The molecule has 0 saturated carbocycles. The van der Waals surface area contributed by atoms with Gasteiger partial charge in [0.25, 0.3) is 0 Å². The quantitative estimate of drug-likeness (QED) is 0.863. The molecule has 0 bridgehead atoms. The number of hydrogen-bond donors (Lipinski definition) is 2. The summed E-state index contributed by atoms with van der Waals surface area (Å²) >= 11 is 0. The minimum absolute atomic E-state index is 0.128. The topological polar surface area (TPSA) is 83.5 Å². The van der Waals surface area contributed by atoms with E-state index in [-0.39, 0.29) is 5.75 Å². The van der Waals surface area contributed by atoms with Gasteiger partial charge in [0.15, 0.2) is 0 Å². The molecule has 1 atom stereocenters. The van der Waals surface area contributed by atoms with Crippen molar-refractivity contribution in [2.24, 2.45) is 5.41 Å². The van der Waals surface area contributed by atoms with Gasteiger partial charge >= 0.3 is 5.97 Å². The van der Waals surface area contributed by atoms with Gasteiger partial charge in [-0.2, -0.15) is 4.72 Å². The summed E-state index contributed by atoms with van der Waals surface area (Å²) in [7, 11) is -3.66. The zero-order chi connectivity index (χ0) is 14.7. The first-order valence-corrected chi connectivity index (χ1v) is 7.54. The van der Waals surface area contributed by atoms with Crippen molar-refractivity contribution in [1.29, 1.82) is 0 Å². The van der Waals surface area contributed by atoms with Gasteiger partial charge < -0.3 is 5.11 Å². The highest BCUT2D eigenvalue weighted by Crippen LogP contribution is 2.19. The molecule has 0 aliphatic heterocycles. The second-order valence-electron chi connectivity index (χ2n) is 5.62. The van der Waals surface area contributed by atoms with Gasteiger partial charge in [0.05, 0.1) is 5.75 Å². The molecule has 19 heavy (non-hydrogen) atoms. The lowest BCUT2D eigenvalue weighted by Crippen LogP contribution is -2.38. The lowest BCUT2D eigenvalue weighted by atomic mass is 10.0. The van der Waals surface area contributed by atoms with Crippen molar-refractivity contribution < 1.29 is 18.3 Å². The highest BCUT2D eigenvalue weighted by molar-refractivity contribution is 7.89. The van der Waals surface area contributed by atoms with Crippen LogP contribution in [0.15, 0.2) is 30.3 Å². The van der Waals surface area contributed by atoms with E-state index in [0.717, 1.165) is 0 Å². The van der Waals surface area contributed by atoms with E-state index >= 15 is 0 Å². The average Bonchev–Trinajstić information content (AvgIpc) is 2.23. The third kappa shape index (κ3) is 5.40. The fourth-order valence-corrected chi connectivity index (χ4v) is 3.52. The lowest BCUT2D eigenvalue weighted by Gasteiger charge is -2.21. The molecule has 0 spiro atoms. The number of benzene rings is 1. The molecule has 0 aliphatic rings. The van der Waals surface area contributed by atoms with Crippen molar-refractivity contribution in [2.45, 2.75) is 26.8 Å². The molecule has 5 nitrogen and oxygen atoms in total. The summed E-state index contributed by atoms with van der Waals surface area (Å²) in [6.07, 6.45) is 0. The molecule has 0 heterocycles. The normalized spacial score (nSPS) is 14.1. The van der Waals surface area contributed by atoms with Crippen molar-refractivity contribution >= 4 is 16.0 Å². The second kappa shape index (κ2) is 5.71. The van der Waals surface area contributed by atoms with Gasteiger partial charge in [-0.05, 0) is 11.0 Å². The molecule has 106 valence electrons. The fraction of sp³-hybridized carbons (Fsp3) is 0.462. The predicted molar refractivity (Wildman–Crippen MR) is 73.2 cm³/mol. The maximum Gasteiger partial charge on any atom is 0.326 e. The molecule has 1 aromatic carbocycles. The van der Waals surface area contributed by atoms with E-state index in [1.54, 1.807) is 51.1 Å². The summed E-state index contributed by atoms with van der Waals surface area (Å²) in [5.74, 6) is -1.35. The summed E-state index contributed by atoms with van der Waals surface area (Å²) in [4.78, 5) is 11.2. The molecule has 0 amide bonds. The second-order valence-corrected chi connectivity index (χ2v) is 7.37. The van der Waals surface area contributed by atoms with E-state index < -0.39 is 27.4 Å². The summed E-state index contributed by atoms with van der Waals surface area (Å²) in [5, 5.41) is 9.16. The Bertz CT molecular complexity index is 532.